The lowest BCUT2D eigenvalue weighted by Gasteiger charge is -2.34. The summed E-state index contributed by atoms with van der Waals surface area (Å²) in [4.78, 5) is 18.1. The van der Waals surface area contributed by atoms with Crippen LogP contribution in [0.2, 0.25) is 0 Å². The summed E-state index contributed by atoms with van der Waals surface area (Å²) in [6, 6.07) is 12.2. The average molecular weight is 435 g/mol. The molecule has 2 heterocycles. The Bertz CT molecular complexity index is 845. The number of piperidine rings is 1. The molecule has 8 heteroatoms. The second kappa shape index (κ2) is 10.6. The molecule has 5 nitrogen and oxygen atoms in total. The van der Waals surface area contributed by atoms with Crippen molar-refractivity contribution in [2.45, 2.75) is 38.5 Å². The molecule has 0 bridgehead atoms. The molecule has 1 aliphatic rings. The fourth-order valence-electron chi connectivity index (χ4n) is 3.76. The van der Waals surface area contributed by atoms with E-state index in [0.29, 0.717) is 39.0 Å². The number of carbonyl (C=O) groups excluding carboxylic acids is 1. The highest BCUT2D eigenvalue weighted by Crippen LogP contribution is 2.36. The Morgan fingerprint density at radius 3 is 2.77 bits per heavy atom. The van der Waals surface area contributed by atoms with Gasteiger partial charge in [0.05, 0.1) is 17.6 Å². The smallest absolute Gasteiger partial charge is 0.374 e. The standard InChI is InChI=1S/C23H28F3N3O2/c1-17(18-8-3-2-4-9-18)31-15-7-13-28-22(30)19-10-6-14-29(16-19)21-20(23(24,25)26)11-5-12-27-21/h2-5,8-9,11-12,17,19H,6-7,10,13-16H2,1H3,(H,28,30). The first kappa shape index (κ1) is 23.1. The highest BCUT2D eigenvalue weighted by Gasteiger charge is 2.37. The Labute approximate surface area is 180 Å². The number of amides is 1. The van der Waals surface area contributed by atoms with Gasteiger partial charge in [-0.2, -0.15) is 13.2 Å². The normalized spacial score (nSPS) is 17.9. The monoisotopic (exact) mass is 435 g/mol. The number of pyridine rings is 1. The van der Waals surface area contributed by atoms with E-state index in [9.17, 15) is 18.0 Å². The number of carbonyl (C=O) groups is 1. The summed E-state index contributed by atoms with van der Waals surface area (Å²) in [5.41, 5.74) is 0.335. The van der Waals surface area contributed by atoms with Gasteiger partial charge in [0, 0.05) is 32.4 Å². The SMILES string of the molecule is CC(OCCCNC(=O)C1CCCN(c2ncccc2C(F)(F)F)C1)c1ccccc1. The first-order valence-corrected chi connectivity index (χ1v) is 10.6. The van der Waals surface area contributed by atoms with Crippen LogP contribution in [0.4, 0.5) is 19.0 Å². The lowest BCUT2D eigenvalue weighted by atomic mass is 9.96. The highest BCUT2D eigenvalue weighted by molar-refractivity contribution is 5.79. The fraction of sp³-hybridized carbons (Fsp3) is 0.478. The Balaban J connectivity index is 1.45. The summed E-state index contributed by atoms with van der Waals surface area (Å²) in [6.45, 7) is 3.64. The Morgan fingerprint density at radius 2 is 2.03 bits per heavy atom. The third kappa shape index (κ3) is 6.43. The molecule has 0 spiro atoms. The second-order valence-electron chi connectivity index (χ2n) is 7.73. The number of hydrogen-bond acceptors (Lipinski definition) is 4. The number of anilines is 1. The van der Waals surface area contributed by atoms with Crippen LogP contribution < -0.4 is 10.2 Å². The number of halogens is 3. The number of nitrogens with zero attached hydrogens (tertiary/aromatic N) is 2. The van der Waals surface area contributed by atoms with E-state index in [1.807, 2.05) is 37.3 Å². The topological polar surface area (TPSA) is 54.5 Å². The lowest BCUT2D eigenvalue weighted by molar-refractivity contribution is -0.137. The minimum Gasteiger partial charge on any atom is -0.374 e. The van der Waals surface area contributed by atoms with E-state index in [4.69, 9.17) is 4.74 Å². The molecule has 0 radical (unpaired) electrons. The van der Waals surface area contributed by atoms with Gasteiger partial charge in [-0.25, -0.2) is 4.98 Å². The molecule has 2 aromatic rings. The molecule has 2 unspecified atom stereocenters. The molecule has 1 aliphatic heterocycles. The zero-order valence-corrected chi connectivity index (χ0v) is 17.6. The maximum atomic E-state index is 13.3. The van der Waals surface area contributed by atoms with Crippen LogP contribution in [0, 0.1) is 5.92 Å². The molecule has 0 saturated carbocycles. The molecule has 0 aliphatic carbocycles. The number of rotatable bonds is 8. The van der Waals surface area contributed by atoms with E-state index in [-0.39, 0.29) is 30.3 Å². The molecule has 31 heavy (non-hydrogen) atoms. The predicted molar refractivity (Wildman–Crippen MR) is 113 cm³/mol. The van der Waals surface area contributed by atoms with Crippen LogP contribution in [-0.2, 0) is 15.7 Å². The Kier molecular flexibility index (Phi) is 7.90. The third-order valence-electron chi connectivity index (χ3n) is 5.44. The molecule has 1 aromatic carbocycles. The van der Waals surface area contributed by atoms with Crippen LogP contribution in [0.1, 0.15) is 43.4 Å². The summed E-state index contributed by atoms with van der Waals surface area (Å²) in [5, 5.41) is 2.89. The van der Waals surface area contributed by atoms with Crippen molar-refractivity contribution in [3.63, 3.8) is 0 Å². The van der Waals surface area contributed by atoms with Gasteiger partial charge in [-0.3, -0.25) is 4.79 Å². The van der Waals surface area contributed by atoms with Gasteiger partial charge < -0.3 is 15.0 Å². The average Bonchev–Trinajstić information content (AvgIpc) is 2.78. The van der Waals surface area contributed by atoms with Gasteiger partial charge in [-0.1, -0.05) is 30.3 Å². The van der Waals surface area contributed by atoms with E-state index >= 15 is 0 Å². The summed E-state index contributed by atoms with van der Waals surface area (Å²) >= 11 is 0. The first-order valence-electron chi connectivity index (χ1n) is 10.6. The maximum absolute atomic E-state index is 13.3. The largest absolute Gasteiger partial charge is 0.419 e. The van der Waals surface area contributed by atoms with Gasteiger partial charge in [-0.15, -0.1) is 0 Å². The Hall–Kier alpha value is -2.61. The van der Waals surface area contributed by atoms with Crippen molar-refractivity contribution in [2.75, 3.05) is 31.1 Å². The Morgan fingerprint density at radius 1 is 1.26 bits per heavy atom. The summed E-state index contributed by atoms with van der Waals surface area (Å²) in [5.74, 6) is -0.595. The van der Waals surface area contributed by atoms with Gasteiger partial charge in [0.1, 0.15) is 5.82 Å². The zero-order chi connectivity index (χ0) is 22.3. The zero-order valence-electron chi connectivity index (χ0n) is 17.6. The number of hydrogen-bond donors (Lipinski definition) is 1. The molecule has 2 atom stereocenters. The summed E-state index contributed by atoms with van der Waals surface area (Å²) < 4.78 is 45.7. The minimum atomic E-state index is -4.48. The summed E-state index contributed by atoms with van der Waals surface area (Å²) in [7, 11) is 0. The number of benzene rings is 1. The second-order valence-corrected chi connectivity index (χ2v) is 7.73. The van der Waals surface area contributed by atoms with Gasteiger partial charge >= 0.3 is 6.18 Å². The van der Waals surface area contributed by atoms with E-state index in [1.54, 1.807) is 4.90 Å². The van der Waals surface area contributed by atoms with Crippen molar-refractivity contribution in [3.8, 4) is 0 Å². The number of ether oxygens (including phenoxy) is 1. The van der Waals surface area contributed by atoms with Crippen LogP contribution in [0.5, 0.6) is 0 Å². The molecular weight excluding hydrogens is 407 g/mol. The van der Waals surface area contributed by atoms with Crippen LogP contribution in [0.25, 0.3) is 0 Å². The van der Waals surface area contributed by atoms with Crippen LogP contribution in [-0.4, -0.2) is 37.1 Å². The predicted octanol–water partition coefficient (Wildman–Crippen LogP) is 4.60. The van der Waals surface area contributed by atoms with Crippen molar-refractivity contribution in [1.29, 1.82) is 0 Å². The first-order chi connectivity index (χ1) is 14.9. The lowest BCUT2D eigenvalue weighted by Crippen LogP contribution is -2.44. The summed E-state index contributed by atoms with van der Waals surface area (Å²) in [6.07, 6.45) is -1.19. The van der Waals surface area contributed by atoms with Crippen LogP contribution >= 0.6 is 0 Å². The van der Waals surface area contributed by atoms with Crippen molar-refractivity contribution >= 4 is 11.7 Å². The van der Waals surface area contributed by atoms with Crippen molar-refractivity contribution in [1.82, 2.24) is 10.3 Å². The van der Waals surface area contributed by atoms with E-state index < -0.39 is 11.7 Å². The van der Waals surface area contributed by atoms with Crippen LogP contribution in [0.15, 0.2) is 48.7 Å². The van der Waals surface area contributed by atoms with E-state index in [2.05, 4.69) is 10.3 Å². The van der Waals surface area contributed by atoms with Gasteiger partial charge in [0.2, 0.25) is 5.91 Å². The molecule has 168 valence electrons. The molecule has 1 amide bonds. The number of alkyl halides is 3. The molecular formula is C23H28F3N3O2. The van der Waals surface area contributed by atoms with Gasteiger partial charge in [-0.05, 0) is 43.9 Å². The minimum absolute atomic E-state index is 0.0231. The van der Waals surface area contributed by atoms with Crippen molar-refractivity contribution in [3.05, 3.63) is 59.8 Å². The van der Waals surface area contributed by atoms with Crippen LogP contribution in [0.3, 0.4) is 0 Å². The number of aromatic nitrogens is 1. The molecule has 1 saturated heterocycles. The molecule has 1 aromatic heterocycles. The van der Waals surface area contributed by atoms with E-state index in [0.717, 1.165) is 11.6 Å². The molecule has 1 N–H and O–H groups in total. The quantitative estimate of drug-likeness (QED) is 0.616. The fourth-order valence-corrected chi connectivity index (χ4v) is 3.76. The third-order valence-corrected chi connectivity index (χ3v) is 5.44. The van der Waals surface area contributed by atoms with Gasteiger partial charge in [0.25, 0.3) is 0 Å². The van der Waals surface area contributed by atoms with E-state index in [1.165, 1.54) is 12.3 Å². The van der Waals surface area contributed by atoms with Crippen molar-refractivity contribution in [2.24, 2.45) is 5.92 Å². The van der Waals surface area contributed by atoms with Gasteiger partial charge in [0.15, 0.2) is 0 Å². The maximum Gasteiger partial charge on any atom is 0.419 e. The highest BCUT2D eigenvalue weighted by atomic mass is 19.4. The molecule has 1 fully saturated rings. The number of nitrogens with one attached hydrogen (secondary N) is 1. The molecule has 3 rings (SSSR count). The van der Waals surface area contributed by atoms with Crippen molar-refractivity contribution < 1.29 is 22.7 Å².